The summed E-state index contributed by atoms with van der Waals surface area (Å²) < 4.78 is 12.4. The Morgan fingerprint density at radius 2 is 1.61 bits per heavy atom. The van der Waals surface area contributed by atoms with Crippen molar-refractivity contribution in [1.82, 2.24) is 14.7 Å². The Morgan fingerprint density at radius 1 is 0.848 bits per heavy atom. The van der Waals surface area contributed by atoms with E-state index >= 15 is 0 Å². The molecule has 0 saturated carbocycles. The second-order valence-electron chi connectivity index (χ2n) is 8.00. The third kappa shape index (κ3) is 4.07. The van der Waals surface area contributed by atoms with E-state index in [9.17, 15) is 4.79 Å². The van der Waals surface area contributed by atoms with Crippen LogP contribution in [0.1, 0.15) is 21.6 Å². The summed E-state index contributed by atoms with van der Waals surface area (Å²) in [4.78, 5) is 15.6. The first-order chi connectivity index (χ1) is 16.2. The van der Waals surface area contributed by atoms with Gasteiger partial charge in [0.25, 0.3) is 5.91 Å². The van der Waals surface area contributed by atoms with Crippen LogP contribution in [0, 0.1) is 0 Å². The molecule has 1 aromatic heterocycles. The number of fused-ring (bicyclic) bond motifs is 1. The molecule has 6 nitrogen and oxygen atoms in total. The monoisotopic (exact) mass is 439 g/mol. The summed E-state index contributed by atoms with van der Waals surface area (Å²) in [5.74, 6) is 1.45. The minimum absolute atomic E-state index is 0.0398. The Labute approximate surface area is 193 Å². The average Bonchev–Trinajstić information content (AvgIpc) is 3.33. The van der Waals surface area contributed by atoms with E-state index in [2.05, 4.69) is 18.2 Å². The Balaban J connectivity index is 1.55. The number of carbonyl (C=O) groups is 1. The van der Waals surface area contributed by atoms with Crippen molar-refractivity contribution in [2.45, 2.75) is 13.0 Å². The normalized spacial score (nSPS) is 12.8. The number of hydrogen-bond acceptors (Lipinski definition) is 4. The van der Waals surface area contributed by atoms with E-state index in [4.69, 9.17) is 14.6 Å². The van der Waals surface area contributed by atoms with Gasteiger partial charge in [0, 0.05) is 18.7 Å². The first-order valence-electron chi connectivity index (χ1n) is 10.9. The minimum atomic E-state index is -0.0398. The Bertz CT molecular complexity index is 1290. The molecule has 0 N–H and O–H groups in total. The van der Waals surface area contributed by atoms with Gasteiger partial charge in [0.2, 0.25) is 0 Å². The maximum atomic E-state index is 13.7. The van der Waals surface area contributed by atoms with Gasteiger partial charge in [-0.05, 0) is 60.0 Å². The molecule has 0 aliphatic carbocycles. The van der Waals surface area contributed by atoms with Crippen LogP contribution >= 0.6 is 0 Å². The molecule has 1 aliphatic rings. The number of benzene rings is 3. The Kier molecular flexibility index (Phi) is 5.57. The van der Waals surface area contributed by atoms with Crippen LogP contribution in [-0.4, -0.2) is 41.4 Å². The number of nitrogens with zero attached hydrogens (tertiary/aromatic N) is 3. The van der Waals surface area contributed by atoms with Gasteiger partial charge in [-0.2, -0.15) is 5.10 Å². The highest BCUT2D eigenvalue weighted by Crippen LogP contribution is 2.28. The van der Waals surface area contributed by atoms with E-state index in [0.29, 0.717) is 24.5 Å². The third-order valence-electron chi connectivity index (χ3n) is 6.03. The Morgan fingerprint density at radius 3 is 2.36 bits per heavy atom. The van der Waals surface area contributed by atoms with E-state index in [1.165, 1.54) is 11.1 Å². The Hall–Kier alpha value is -4.06. The van der Waals surface area contributed by atoms with E-state index in [0.717, 1.165) is 29.2 Å². The predicted octanol–water partition coefficient (Wildman–Crippen LogP) is 4.76. The van der Waals surface area contributed by atoms with Crippen LogP contribution in [0.5, 0.6) is 11.5 Å². The number of hydrogen-bond donors (Lipinski definition) is 0. The second kappa shape index (κ2) is 8.82. The molecule has 166 valence electrons. The molecule has 2 heterocycles. The highest BCUT2D eigenvalue weighted by atomic mass is 16.5. The van der Waals surface area contributed by atoms with E-state index < -0.39 is 0 Å². The van der Waals surface area contributed by atoms with Crippen molar-refractivity contribution in [3.8, 4) is 28.4 Å². The highest BCUT2D eigenvalue weighted by Gasteiger charge is 2.26. The second-order valence-corrected chi connectivity index (χ2v) is 8.00. The van der Waals surface area contributed by atoms with Crippen molar-refractivity contribution in [2.24, 2.45) is 0 Å². The standard InChI is InChI=1S/C27H25N3O3/c1-32-23-12-10-22(11-13-23)30-26(17-25(28-30)20-8-5-9-24(16-20)33-2)27(31)29-15-14-19-6-3-4-7-21(19)18-29/h3-13,16-17H,14-15,18H2,1-2H3. The molecule has 0 unspecified atom stereocenters. The number of amides is 1. The lowest BCUT2D eigenvalue weighted by Gasteiger charge is -2.29. The molecule has 0 spiro atoms. The molecular formula is C27H25N3O3. The number of methoxy groups -OCH3 is 2. The van der Waals surface area contributed by atoms with Crippen LogP contribution in [0.15, 0.2) is 78.9 Å². The molecule has 0 fully saturated rings. The van der Waals surface area contributed by atoms with Gasteiger partial charge in [-0.25, -0.2) is 4.68 Å². The quantitative estimate of drug-likeness (QED) is 0.450. The topological polar surface area (TPSA) is 56.6 Å². The predicted molar refractivity (Wildman–Crippen MR) is 127 cm³/mol. The van der Waals surface area contributed by atoms with Gasteiger partial charge in [-0.1, -0.05) is 36.4 Å². The molecule has 0 saturated heterocycles. The molecule has 0 bridgehead atoms. The molecule has 1 amide bonds. The molecular weight excluding hydrogens is 414 g/mol. The summed E-state index contributed by atoms with van der Waals surface area (Å²) in [5, 5.41) is 4.81. The van der Waals surface area contributed by atoms with Crippen molar-refractivity contribution in [2.75, 3.05) is 20.8 Å². The van der Waals surface area contributed by atoms with Crippen LogP contribution in [0.4, 0.5) is 0 Å². The van der Waals surface area contributed by atoms with Gasteiger partial charge >= 0.3 is 0 Å². The third-order valence-corrected chi connectivity index (χ3v) is 6.03. The van der Waals surface area contributed by atoms with Crippen molar-refractivity contribution in [3.63, 3.8) is 0 Å². The molecule has 4 aromatic rings. The van der Waals surface area contributed by atoms with Crippen LogP contribution in [0.25, 0.3) is 16.9 Å². The molecule has 1 aliphatic heterocycles. The summed E-state index contributed by atoms with van der Waals surface area (Å²) in [5.41, 5.74) is 5.43. The summed E-state index contributed by atoms with van der Waals surface area (Å²) in [6, 6.07) is 25.4. The number of rotatable bonds is 5. The SMILES string of the molecule is COc1ccc(-n2nc(-c3cccc(OC)c3)cc2C(=O)N2CCc3ccccc3C2)cc1. The molecule has 5 rings (SSSR count). The summed E-state index contributed by atoms with van der Waals surface area (Å²) >= 11 is 0. The van der Waals surface area contributed by atoms with E-state index in [1.54, 1.807) is 18.9 Å². The number of ether oxygens (including phenoxy) is 2. The van der Waals surface area contributed by atoms with Crippen LogP contribution < -0.4 is 9.47 Å². The first kappa shape index (κ1) is 20.8. The van der Waals surface area contributed by atoms with Gasteiger partial charge in [0.15, 0.2) is 0 Å². The number of aromatic nitrogens is 2. The smallest absolute Gasteiger partial charge is 0.272 e. The zero-order valence-electron chi connectivity index (χ0n) is 18.7. The lowest BCUT2D eigenvalue weighted by Crippen LogP contribution is -2.37. The highest BCUT2D eigenvalue weighted by molar-refractivity contribution is 5.94. The van der Waals surface area contributed by atoms with Gasteiger partial charge in [-0.15, -0.1) is 0 Å². The molecule has 0 atom stereocenters. The average molecular weight is 440 g/mol. The maximum Gasteiger partial charge on any atom is 0.272 e. The summed E-state index contributed by atoms with van der Waals surface area (Å²) in [7, 11) is 3.27. The van der Waals surface area contributed by atoms with Crippen molar-refractivity contribution < 1.29 is 14.3 Å². The van der Waals surface area contributed by atoms with E-state index in [-0.39, 0.29) is 5.91 Å². The van der Waals surface area contributed by atoms with Crippen LogP contribution in [0.2, 0.25) is 0 Å². The van der Waals surface area contributed by atoms with Crippen molar-refractivity contribution >= 4 is 5.91 Å². The molecule has 6 heteroatoms. The fraction of sp³-hybridized carbons (Fsp3) is 0.185. The van der Waals surface area contributed by atoms with Gasteiger partial charge < -0.3 is 14.4 Å². The fourth-order valence-corrected chi connectivity index (χ4v) is 4.21. The molecule has 0 radical (unpaired) electrons. The lowest BCUT2D eigenvalue weighted by molar-refractivity contribution is 0.0725. The van der Waals surface area contributed by atoms with Gasteiger partial charge in [-0.3, -0.25) is 4.79 Å². The summed E-state index contributed by atoms with van der Waals surface area (Å²) in [6.45, 7) is 1.27. The fourth-order valence-electron chi connectivity index (χ4n) is 4.21. The first-order valence-corrected chi connectivity index (χ1v) is 10.9. The van der Waals surface area contributed by atoms with Gasteiger partial charge in [0.1, 0.15) is 17.2 Å². The zero-order chi connectivity index (χ0) is 22.8. The van der Waals surface area contributed by atoms with E-state index in [1.807, 2.05) is 65.6 Å². The lowest BCUT2D eigenvalue weighted by atomic mass is 9.99. The van der Waals surface area contributed by atoms with Gasteiger partial charge in [0.05, 0.1) is 25.6 Å². The molecule has 33 heavy (non-hydrogen) atoms. The zero-order valence-corrected chi connectivity index (χ0v) is 18.7. The maximum absolute atomic E-state index is 13.7. The summed E-state index contributed by atoms with van der Waals surface area (Å²) in [6.07, 6.45) is 0.849. The number of carbonyl (C=O) groups excluding carboxylic acids is 1. The largest absolute Gasteiger partial charge is 0.497 e. The van der Waals surface area contributed by atoms with Crippen LogP contribution in [0.3, 0.4) is 0 Å². The minimum Gasteiger partial charge on any atom is -0.497 e. The van der Waals surface area contributed by atoms with Crippen molar-refractivity contribution in [3.05, 3.63) is 95.7 Å². The van der Waals surface area contributed by atoms with Crippen LogP contribution in [-0.2, 0) is 13.0 Å². The molecule has 3 aromatic carbocycles. The van der Waals surface area contributed by atoms with Crippen molar-refractivity contribution in [1.29, 1.82) is 0 Å².